The molecular formula is C24H28N4O3. The molecule has 0 spiro atoms. The summed E-state index contributed by atoms with van der Waals surface area (Å²) in [5.74, 6) is 0.100. The van der Waals surface area contributed by atoms with E-state index in [1.165, 1.54) is 0 Å². The van der Waals surface area contributed by atoms with Crippen LogP contribution in [0.5, 0.6) is 0 Å². The third-order valence-corrected chi connectivity index (χ3v) is 5.67. The van der Waals surface area contributed by atoms with Crippen LogP contribution in [-0.2, 0) is 9.53 Å². The lowest BCUT2D eigenvalue weighted by Gasteiger charge is -2.31. The first-order valence-electron chi connectivity index (χ1n) is 10.8. The highest BCUT2D eigenvalue weighted by atomic mass is 16.5. The highest BCUT2D eigenvalue weighted by Crippen LogP contribution is 2.27. The Morgan fingerprint density at radius 1 is 1.16 bits per heavy atom. The fourth-order valence-corrected chi connectivity index (χ4v) is 4.19. The summed E-state index contributed by atoms with van der Waals surface area (Å²) in [4.78, 5) is 27.7. The van der Waals surface area contributed by atoms with Crippen molar-refractivity contribution in [2.75, 3.05) is 19.7 Å². The van der Waals surface area contributed by atoms with Crippen molar-refractivity contribution in [2.45, 2.75) is 33.6 Å². The number of benzene rings is 1. The fourth-order valence-electron chi connectivity index (χ4n) is 4.19. The van der Waals surface area contributed by atoms with E-state index in [0.717, 1.165) is 24.1 Å². The Balaban J connectivity index is 1.74. The molecule has 1 atom stereocenters. The van der Waals surface area contributed by atoms with E-state index in [9.17, 15) is 9.59 Å². The van der Waals surface area contributed by atoms with Crippen molar-refractivity contribution in [2.24, 2.45) is 5.92 Å². The Hall–Kier alpha value is -3.35. The number of ether oxygens (including phenoxy) is 1. The van der Waals surface area contributed by atoms with E-state index in [2.05, 4.69) is 0 Å². The van der Waals surface area contributed by atoms with Crippen LogP contribution < -0.4 is 0 Å². The van der Waals surface area contributed by atoms with Gasteiger partial charge in [-0.2, -0.15) is 5.10 Å². The second-order valence-electron chi connectivity index (χ2n) is 7.97. The normalized spacial score (nSPS) is 16.4. The number of hydrogen-bond donors (Lipinski definition) is 0. The van der Waals surface area contributed by atoms with Crippen LogP contribution in [-0.4, -0.2) is 50.8 Å². The largest absolute Gasteiger partial charge is 0.466 e. The third kappa shape index (κ3) is 4.13. The Bertz CT molecular complexity index is 1080. The van der Waals surface area contributed by atoms with Gasteiger partial charge in [0.15, 0.2) is 5.82 Å². The van der Waals surface area contributed by atoms with E-state index in [0.29, 0.717) is 36.8 Å². The van der Waals surface area contributed by atoms with Crippen LogP contribution >= 0.6 is 0 Å². The van der Waals surface area contributed by atoms with Gasteiger partial charge in [0, 0.05) is 25.5 Å². The lowest BCUT2D eigenvalue weighted by Crippen LogP contribution is -2.43. The Labute approximate surface area is 182 Å². The standard InChI is InChI=1S/C24H28N4O3/c1-4-31-24(30)19-10-8-14-27(16-19)23(29)21-18(3)25-28(20-11-7-9-17(2)15-20)22(21)26-12-5-6-13-26/h5-7,9,11-13,15,19H,4,8,10,14,16H2,1-3H3/t19-/m1/s1. The molecule has 7 nitrogen and oxygen atoms in total. The van der Waals surface area contributed by atoms with E-state index in [-0.39, 0.29) is 17.8 Å². The van der Waals surface area contributed by atoms with Crippen molar-refractivity contribution in [3.8, 4) is 11.5 Å². The maximum atomic E-state index is 13.7. The molecule has 0 unspecified atom stereocenters. The van der Waals surface area contributed by atoms with E-state index in [1.54, 1.807) is 11.8 Å². The van der Waals surface area contributed by atoms with Gasteiger partial charge in [0.05, 0.1) is 23.9 Å². The number of esters is 1. The summed E-state index contributed by atoms with van der Waals surface area (Å²) < 4.78 is 8.94. The molecule has 0 bridgehead atoms. The predicted octanol–water partition coefficient (Wildman–Crippen LogP) is 3.70. The summed E-state index contributed by atoms with van der Waals surface area (Å²) in [6.45, 7) is 7.04. The molecule has 3 aromatic rings. The molecule has 0 aliphatic carbocycles. The number of nitrogens with zero attached hydrogens (tertiary/aromatic N) is 4. The first-order chi connectivity index (χ1) is 15.0. The smallest absolute Gasteiger partial charge is 0.310 e. The number of rotatable bonds is 5. The molecule has 1 amide bonds. The lowest BCUT2D eigenvalue weighted by molar-refractivity contribution is -0.149. The number of aromatic nitrogens is 3. The van der Waals surface area contributed by atoms with Gasteiger partial charge in [0.1, 0.15) is 5.56 Å². The van der Waals surface area contributed by atoms with E-state index in [1.807, 2.05) is 71.9 Å². The van der Waals surface area contributed by atoms with Crippen molar-refractivity contribution >= 4 is 11.9 Å². The van der Waals surface area contributed by atoms with Gasteiger partial charge >= 0.3 is 5.97 Å². The van der Waals surface area contributed by atoms with Crippen LogP contribution in [0, 0.1) is 19.8 Å². The van der Waals surface area contributed by atoms with Crippen LogP contribution in [0.3, 0.4) is 0 Å². The SMILES string of the molecule is CCOC(=O)[C@@H]1CCCN(C(=O)c2c(C)nn(-c3cccc(C)c3)c2-n2cccc2)C1. The Morgan fingerprint density at radius 3 is 2.65 bits per heavy atom. The topological polar surface area (TPSA) is 69.4 Å². The van der Waals surface area contributed by atoms with Gasteiger partial charge in [-0.15, -0.1) is 0 Å². The van der Waals surface area contributed by atoms with Crippen LogP contribution in [0.2, 0.25) is 0 Å². The molecule has 31 heavy (non-hydrogen) atoms. The van der Waals surface area contributed by atoms with Crippen LogP contribution in [0.15, 0.2) is 48.8 Å². The maximum Gasteiger partial charge on any atom is 0.310 e. The fraction of sp³-hybridized carbons (Fsp3) is 0.375. The van der Waals surface area contributed by atoms with Crippen LogP contribution in [0.25, 0.3) is 11.5 Å². The average Bonchev–Trinajstić information content (AvgIpc) is 3.41. The van der Waals surface area contributed by atoms with Gasteiger partial charge in [-0.05, 0) is 63.4 Å². The summed E-state index contributed by atoms with van der Waals surface area (Å²) in [5, 5.41) is 4.73. The van der Waals surface area contributed by atoms with Crippen molar-refractivity contribution < 1.29 is 14.3 Å². The monoisotopic (exact) mass is 420 g/mol. The second-order valence-corrected chi connectivity index (χ2v) is 7.97. The quantitative estimate of drug-likeness (QED) is 0.590. The number of carbonyl (C=O) groups excluding carboxylic acids is 2. The number of carbonyl (C=O) groups is 2. The minimum atomic E-state index is -0.278. The molecule has 1 fully saturated rings. The molecule has 2 aromatic heterocycles. The third-order valence-electron chi connectivity index (χ3n) is 5.67. The van der Waals surface area contributed by atoms with Gasteiger partial charge in [-0.25, -0.2) is 4.68 Å². The highest BCUT2D eigenvalue weighted by Gasteiger charge is 2.33. The molecular weight excluding hydrogens is 392 g/mol. The first kappa shape index (κ1) is 20.9. The number of likely N-dealkylation sites (tertiary alicyclic amines) is 1. The van der Waals surface area contributed by atoms with Gasteiger partial charge in [-0.1, -0.05) is 12.1 Å². The van der Waals surface area contributed by atoms with Crippen LogP contribution in [0.4, 0.5) is 0 Å². The summed E-state index contributed by atoms with van der Waals surface area (Å²) in [5.41, 5.74) is 3.23. The van der Waals surface area contributed by atoms with Gasteiger partial charge in [0.2, 0.25) is 0 Å². The van der Waals surface area contributed by atoms with Crippen molar-refractivity contribution in [1.82, 2.24) is 19.2 Å². The van der Waals surface area contributed by atoms with Gasteiger partial charge in [-0.3, -0.25) is 9.59 Å². The molecule has 162 valence electrons. The van der Waals surface area contributed by atoms with Crippen molar-refractivity contribution in [3.05, 3.63) is 65.6 Å². The molecule has 4 rings (SSSR count). The minimum absolute atomic E-state index is 0.103. The van der Waals surface area contributed by atoms with E-state index in [4.69, 9.17) is 9.84 Å². The predicted molar refractivity (Wildman–Crippen MR) is 118 cm³/mol. The molecule has 1 saturated heterocycles. The summed E-state index contributed by atoms with van der Waals surface area (Å²) in [6.07, 6.45) is 5.35. The number of amides is 1. The molecule has 1 aliphatic heterocycles. The molecule has 0 saturated carbocycles. The summed E-state index contributed by atoms with van der Waals surface area (Å²) in [6, 6.07) is 11.9. The Morgan fingerprint density at radius 2 is 1.94 bits per heavy atom. The van der Waals surface area contributed by atoms with Crippen LogP contribution in [0.1, 0.15) is 41.4 Å². The number of hydrogen-bond acceptors (Lipinski definition) is 4. The van der Waals surface area contributed by atoms with Gasteiger partial charge < -0.3 is 14.2 Å². The Kier molecular flexibility index (Phi) is 5.93. The minimum Gasteiger partial charge on any atom is -0.466 e. The second kappa shape index (κ2) is 8.79. The first-order valence-corrected chi connectivity index (χ1v) is 10.8. The van der Waals surface area contributed by atoms with Crippen molar-refractivity contribution in [3.63, 3.8) is 0 Å². The average molecular weight is 421 g/mol. The van der Waals surface area contributed by atoms with E-state index < -0.39 is 0 Å². The molecule has 1 aliphatic rings. The zero-order valence-corrected chi connectivity index (χ0v) is 18.2. The highest BCUT2D eigenvalue weighted by molar-refractivity contribution is 5.99. The molecule has 3 heterocycles. The summed E-state index contributed by atoms with van der Waals surface area (Å²) >= 11 is 0. The molecule has 1 aromatic carbocycles. The lowest BCUT2D eigenvalue weighted by atomic mass is 9.97. The number of piperidine rings is 1. The van der Waals surface area contributed by atoms with E-state index >= 15 is 0 Å². The molecule has 7 heteroatoms. The molecule has 0 radical (unpaired) electrons. The summed E-state index contributed by atoms with van der Waals surface area (Å²) in [7, 11) is 0. The zero-order chi connectivity index (χ0) is 22.0. The van der Waals surface area contributed by atoms with Gasteiger partial charge in [0.25, 0.3) is 5.91 Å². The zero-order valence-electron chi connectivity index (χ0n) is 18.2. The maximum absolute atomic E-state index is 13.7. The number of aryl methyl sites for hydroxylation is 2. The molecule has 0 N–H and O–H groups in total. The van der Waals surface area contributed by atoms with Crippen molar-refractivity contribution in [1.29, 1.82) is 0 Å².